The molecule has 1 saturated heterocycles. The van der Waals surface area contributed by atoms with Crippen LogP contribution in [-0.4, -0.2) is 18.1 Å². The number of rotatable bonds is 0. The van der Waals surface area contributed by atoms with Crippen molar-refractivity contribution in [2.75, 3.05) is 0 Å². The van der Waals surface area contributed by atoms with Crippen LogP contribution in [0.4, 0.5) is 0 Å². The maximum absolute atomic E-state index is 10.6. The topological polar surface area (TPSA) is 52.3 Å². The van der Waals surface area contributed by atoms with E-state index in [1.165, 1.54) is 0 Å². The predicted molar refractivity (Wildman–Crippen MR) is 32.7 cm³/mol. The predicted octanol–water partition coefficient (Wildman–Crippen LogP) is -0.185. The van der Waals surface area contributed by atoms with Crippen LogP contribution in [0.15, 0.2) is 12.2 Å². The van der Waals surface area contributed by atoms with Crippen molar-refractivity contribution in [2.45, 2.75) is 19.1 Å². The first kappa shape index (κ1) is 6.29. The van der Waals surface area contributed by atoms with E-state index in [-0.39, 0.29) is 12.1 Å². The van der Waals surface area contributed by atoms with Crippen LogP contribution in [0, 0.1) is 0 Å². The van der Waals surface area contributed by atoms with E-state index in [0.717, 1.165) is 0 Å². The molecular formula is C6H9NO2. The molecule has 1 aliphatic heterocycles. The van der Waals surface area contributed by atoms with E-state index in [4.69, 9.17) is 10.5 Å². The minimum atomic E-state index is -0.597. The molecule has 50 valence electrons. The van der Waals surface area contributed by atoms with Gasteiger partial charge >= 0.3 is 5.97 Å². The van der Waals surface area contributed by atoms with Gasteiger partial charge < -0.3 is 10.5 Å². The van der Waals surface area contributed by atoms with E-state index >= 15 is 0 Å². The quantitative estimate of drug-likeness (QED) is 0.362. The highest BCUT2D eigenvalue weighted by molar-refractivity contribution is 5.82. The molecule has 2 N–H and O–H groups in total. The van der Waals surface area contributed by atoms with E-state index in [1.807, 2.05) is 0 Å². The molecule has 0 bridgehead atoms. The highest BCUT2D eigenvalue weighted by Crippen LogP contribution is 2.16. The van der Waals surface area contributed by atoms with Crippen molar-refractivity contribution in [2.24, 2.45) is 5.73 Å². The van der Waals surface area contributed by atoms with Gasteiger partial charge in [0, 0.05) is 0 Å². The van der Waals surface area contributed by atoms with Crippen LogP contribution in [0.2, 0.25) is 0 Å². The Labute approximate surface area is 53.5 Å². The molecule has 0 aliphatic carbocycles. The third kappa shape index (κ3) is 0.833. The molecule has 3 nitrogen and oxygen atoms in total. The first-order valence-electron chi connectivity index (χ1n) is 2.77. The van der Waals surface area contributed by atoms with Crippen molar-refractivity contribution >= 4 is 5.97 Å². The maximum atomic E-state index is 10.6. The highest BCUT2D eigenvalue weighted by atomic mass is 16.6. The van der Waals surface area contributed by atoms with Crippen molar-refractivity contribution in [1.29, 1.82) is 0 Å². The Hall–Kier alpha value is -0.830. The van der Waals surface area contributed by atoms with Crippen LogP contribution in [0.5, 0.6) is 0 Å². The summed E-state index contributed by atoms with van der Waals surface area (Å²) >= 11 is 0. The zero-order valence-electron chi connectivity index (χ0n) is 5.26. The van der Waals surface area contributed by atoms with Gasteiger partial charge in [-0.3, -0.25) is 0 Å². The fourth-order valence-corrected chi connectivity index (χ4v) is 0.727. The van der Waals surface area contributed by atoms with Crippen LogP contribution in [-0.2, 0) is 9.53 Å². The van der Waals surface area contributed by atoms with Crippen molar-refractivity contribution in [3.05, 3.63) is 12.2 Å². The van der Waals surface area contributed by atoms with E-state index in [0.29, 0.717) is 5.57 Å². The van der Waals surface area contributed by atoms with Crippen LogP contribution >= 0.6 is 0 Å². The van der Waals surface area contributed by atoms with Gasteiger partial charge in [-0.2, -0.15) is 0 Å². The highest BCUT2D eigenvalue weighted by Gasteiger charge is 2.32. The summed E-state index contributed by atoms with van der Waals surface area (Å²) < 4.78 is 4.72. The van der Waals surface area contributed by atoms with E-state index in [2.05, 4.69) is 6.58 Å². The van der Waals surface area contributed by atoms with Crippen molar-refractivity contribution in [3.8, 4) is 0 Å². The van der Waals surface area contributed by atoms with Crippen molar-refractivity contribution in [1.82, 2.24) is 0 Å². The van der Waals surface area contributed by atoms with Gasteiger partial charge in [-0.25, -0.2) is 4.79 Å². The molecule has 0 aromatic rings. The molecule has 0 spiro atoms. The molecule has 2 atom stereocenters. The monoisotopic (exact) mass is 127 g/mol. The average molecular weight is 127 g/mol. The maximum Gasteiger partial charge on any atom is 0.327 e. The lowest BCUT2D eigenvalue weighted by Crippen LogP contribution is -2.26. The first-order chi connectivity index (χ1) is 4.13. The smallest absolute Gasteiger partial charge is 0.327 e. The summed E-state index contributed by atoms with van der Waals surface area (Å²) in [5, 5.41) is 0. The summed E-state index contributed by atoms with van der Waals surface area (Å²) in [4.78, 5) is 10.6. The summed E-state index contributed by atoms with van der Waals surface area (Å²) in [6.07, 6.45) is -0.201. The summed E-state index contributed by atoms with van der Waals surface area (Å²) in [6, 6.07) is -0.597. The molecule has 9 heavy (non-hydrogen) atoms. The summed E-state index contributed by atoms with van der Waals surface area (Å²) in [5.41, 5.74) is 6.00. The van der Waals surface area contributed by atoms with Crippen molar-refractivity contribution in [3.63, 3.8) is 0 Å². The van der Waals surface area contributed by atoms with Gasteiger partial charge in [0.15, 0.2) is 0 Å². The second-order valence-corrected chi connectivity index (χ2v) is 2.13. The second-order valence-electron chi connectivity index (χ2n) is 2.13. The fraction of sp³-hybridized carbons (Fsp3) is 0.500. The molecular weight excluding hydrogens is 118 g/mol. The minimum absolute atomic E-state index is 0.201. The molecule has 1 aliphatic rings. The number of ether oxygens (including phenoxy) is 1. The van der Waals surface area contributed by atoms with Crippen LogP contribution in [0.1, 0.15) is 6.92 Å². The molecule has 0 radical (unpaired) electrons. The fourth-order valence-electron chi connectivity index (χ4n) is 0.727. The lowest BCUT2D eigenvalue weighted by atomic mass is 10.1. The van der Waals surface area contributed by atoms with Crippen LogP contribution < -0.4 is 5.73 Å². The van der Waals surface area contributed by atoms with Crippen LogP contribution in [0.25, 0.3) is 0 Å². The first-order valence-corrected chi connectivity index (χ1v) is 2.77. The number of carbonyl (C=O) groups excluding carboxylic acids is 1. The molecule has 0 saturated carbocycles. The minimum Gasteiger partial charge on any atom is -0.457 e. The third-order valence-corrected chi connectivity index (χ3v) is 1.47. The van der Waals surface area contributed by atoms with E-state index in [1.54, 1.807) is 6.92 Å². The zero-order chi connectivity index (χ0) is 7.02. The van der Waals surface area contributed by atoms with E-state index < -0.39 is 6.04 Å². The number of hydrogen-bond donors (Lipinski definition) is 1. The molecule has 1 fully saturated rings. The Morgan fingerprint density at radius 3 is 2.44 bits per heavy atom. The standard InChI is InChI=1S/C6H9NO2/c1-3-4(2)9-6(8)5(3)7/h4-5H,1,7H2,2H3/t4-,5+/m0/s1. The summed E-state index contributed by atoms with van der Waals surface area (Å²) in [5.74, 6) is -0.368. The number of cyclic esters (lactones) is 1. The third-order valence-electron chi connectivity index (χ3n) is 1.47. The SMILES string of the molecule is C=C1[C@@H](N)C(=O)O[C@H]1C. The second kappa shape index (κ2) is 1.84. The summed E-state index contributed by atoms with van der Waals surface area (Å²) in [7, 11) is 0. The largest absolute Gasteiger partial charge is 0.457 e. The van der Waals surface area contributed by atoms with Gasteiger partial charge in [0.25, 0.3) is 0 Å². The molecule has 1 heterocycles. The lowest BCUT2D eigenvalue weighted by Gasteiger charge is -1.99. The molecule has 0 amide bonds. The average Bonchev–Trinajstić information content (AvgIpc) is 1.98. The van der Waals surface area contributed by atoms with E-state index in [9.17, 15) is 4.79 Å². The molecule has 0 aromatic carbocycles. The van der Waals surface area contributed by atoms with Gasteiger partial charge in [-0.1, -0.05) is 6.58 Å². The molecule has 1 rings (SSSR count). The van der Waals surface area contributed by atoms with Gasteiger partial charge in [0.05, 0.1) is 0 Å². The Morgan fingerprint density at radius 1 is 1.78 bits per heavy atom. The van der Waals surface area contributed by atoms with Crippen molar-refractivity contribution < 1.29 is 9.53 Å². The summed E-state index contributed by atoms with van der Waals surface area (Å²) in [6.45, 7) is 5.35. The molecule has 3 heteroatoms. The Morgan fingerprint density at radius 2 is 2.33 bits per heavy atom. The lowest BCUT2D eigenvalue weighted by molar-refractivity contribution is -0.141. The van der Waals surface area contributed by atoms with Gasteiger partial charge in [0.2, 0.25) is 0 Å². The Kier molecular flexibility index (Phi) is 1.29. The molecule has 0 unspecified atom stereocenters. The Balaban J connectivity index is 2.77. The number of carbonyl (C=O) groups is 1. The van der Waals surface area contributed by atoms with Gasteiger partial charge in [0.1, 0.15) is 12.1 Å². The normalized spacial score (nSPS) is 34.9. The van der Waals surface area contributed by atoms with Gasteiger partial charge in [-0.15, -0.1) is 0 Å². The molecule has 0 aromatic heterocycles. The number of nitrogens with two attached hydrogens (primary N) is 1. The Bertz CT molecular complexity index is 164. The number of esters is 1. The van der Waals surface area contributed by atoms with Gasteiger partial charge in [-0.05, 0) is 12.5 Å². The zero-order valence-corrected chi connectivity index (χ0v) is 5.26. The number of hydrogen-bond acceptors (Lipinski definition) is 3. The van der Waals surface area contributed by atoms with Crippen LogP contribution in [0.3, 0.4) is 0 Å².